The van der Waals surface area contributed by atoms with E-state index in [1.807, 2.05) is 0 Å². The fourth-order valence-corrected chi connectivity index (χ4v) is 6.88. The SMILES string of the molecule is C1=CC(c2cc(-c3ccc4ccccc4c3)nc3c2ccc2c(-c4ccccc4)cc(-c4ccc5ccccc5c4)nc23)=CCC1. The Balaban J connectivity index is 1.37. The molecule has 2 aromatic heterocycles. The largest absolute Gasteiger partial charge is 0.245 e. The van der Waals surface area contributed by atoms with Crippen LogP contribution in [0.5, 0.6) is 0 Å². The minimum atomic E-state index is 0.922. The molecule has 1 aliphatic rings. The average molecular weight is 587 g/mol. The summed E-state index contributed by atoms with van der Waals surface area (Å²) in [6.07, 6.45) is 9.02. The summed E-state index contributed by atoms with van der Waals surface area (Å²) in [6, 6.07) is 50.0. The molecule has 8 aromatic rings. The Morgan fingerprint density at radius 2 is 0.957 bits per heavy atom. The van der Waals surface area contributed by atoms with Crippen LogP contribution < -0.4 is 0 Å². The Morgan fingerprint density at radius 3 is 1.54 bits per heavy atom. The van der Waals surface area contributed by atoms with Crippen LogP contribution in [-0.4, -0.2) is 9.97 Å². The molecule has 6 aromatic carbocycles. The van der Waals surface area contributed by atoms with Crippen LogP contribution in [0.1, 0.15) is 18.4 Å². The van der Waals surface area contributed by atoms with Gasteiger partial charge >= 0.3 is 0 Å². The number of nitrogens with zero attached hydrogens (tertiary/aromatic N) is 2. The second kappa shape index (κ2) is 10.9. The summed E-state index contributed by atoms with van der Waals surface area (Å²) >= 11 is 0. The first-order chi connectivity index (χ1) is 22.8. The first-order valence-corrected chi connectivity index (χ1v) is 16.0. The third-order valence-electron chi connectivity index (χ3n) is 9.24. The maximum atomic E-state index is 5.44. The number of hydrogen-bond acceptors (Lipinski definition) is 2. The van der Waals surface area contributed by atoms with E-state index in [2.05, 4.69) is 158 Å². The molecule has 2 heteroatoms. The minimum absolute atomic E-state index is 0.922. The zero-order valence-electron chi connectivity index (χ0n) is 25.3. The van der Waals surface area contributed by atoms with Gasteiger partial charge in [-0.2, -0.15) is 0 Å². The van der Waals surface area contributed by atoms with Crippen molar-refractivity contribution < 1.29 is 0 Å². The van der Waals surface area contributed by atoms with Crippen molar-refractivity contribution in [2.75, 3.05) is 0 Å². The van der Waals surface area contributed by atoms with E-state index in [1.54, 1.807) is 0 Å². The highest BCUT2D eigenvalue weighted by Crippen LogP contribution is 2.39. The third-order valence-corrected chi connectivity index (χ3v) is 9.24. The predicted molar refractivity (Wildman–Crippen MR) is 195 cm³/mol. The summed E-state index contributed by atoms with van der Waals surface area (Å²) in [5.74, 6) is 0. The summed E-state index contributed by atoms with van der Waals surface area (Å²) in [5.41, 5.74) is 10.7. The predicted octanol–water partition coefficient (Wildman–Crippen LogP) is 11.8. The molecule has 2 nitrogen and oxygen atoms in total. The Morgan fingerprint density at radius 1 is 0.413 bits per heavy atom. The van der Waals surface area contributed by atoms with Crippen LogP contribution in [0.2, 0.25) is 0 Å². The molecule has 0 saturated heterocycles. The van der Waals surface area contributed by atoms with Crippen molar-refractivity contribution in [2.45, 2.75) is 12.8 Å². The van der Waals surface area contributed by atoms with Gasteiger partial charge in [-0.3, -0.25) is 0 Å². The van der Waals surface area contributed by atoms with Crippen LogP contribution >= 0.6 is 0 Å². The molecule has 0 fully saturated rings. The molecule has 46 heavy (non-hydrogen) atoms. The molecule has 1 aliphatic carbocycles. The molecular formula is C44H30N2. The van der Waals surface area contributed by atoms with Gasteiger partial charge in [-0.1, -0.05) is 133 Å². The lowest BCUT2D eigenvalue weighted by molar-refractivity contribution is 1.04. The lowest BCUT2D eigenvalue weighted by Gasteiger charge is -2.17. The van der Waals surface area contributed by atoms with Gasteiger partial charge in [0.25, 0.3) is 0 Å². The molecule has 0 atom stereocenters. The van der Waals surface area contributed by atoms with E-state index < -0.39 is 0 Å². The Labute approximate surface area is 268 Å². The summed E-state index contributed by atoms with van der Waals surface area (Å²) in [4.78, 5) is 10.9. The van der Waals surface area contributed by atoms with E-state index >= 15 is 0 Å². The van der Waals surface area contributed by atoms with E-state index in [0.29, 0.717) is 0 Å². The highest BCUT2D eigenvalue weighted by atomic mass is 14.8. The van der Waals surface area contributed by atoms with E-state index in [-0.39, 0.29) is 0 Å². The maximum Gasteiger partial charge on any atom is 0.0978 e. The molecule has 2 heterocycles. The Kier molecular flexibility index (Phi) is 6.31. The zero-order chi connectivity index (χ0) is 30.5. The van der Waals surface area contributed by atoms with Gasteiger partial charge in [0.2, 0.25) is 0 Å². The normalized spacial score (nSPS) is 13.1. The molecule has 0 spiro atoms. The minimum Gasteiger partial charge on any atom is -0.245 e. The first kappa shape index (κ1) is 26.5. The summed E-state index contributed by atoms with van der Waals surface area (Å²) < 4.78 is 0. The standard InChI is InChI=1S/C44H30N2/c1-3-13-31(14-4-1)39-27-41(35-21-19-29-11-7-9-17-33(29)25-35)45-43-37(39)23-24-38-40(32-15-5-2-6-16-32)28-42(46-44(38)43)36-22-20-30-12-8-10-18-34(30)26-36/h1,3-5,7-28H,2,6H2. The fraction of sp³-hybridized carbons (Fsp3) is 0.0455. The fourth-order valence-electron chi connectivity index (χ4n) is 6.88. The average Bonchev–Trinajstić information content (AvgIpc) is 3.14. The van der Waals surface area contributed by atoms with E-state index in [1.165, 1.54) is 38.2 Å². The van der Waals surface area contributed by atoms with Crippen molar-refractivity contribution in [1.29, 1.82) is 0 Å². The van der Waals surface area contributed by atoms with E-state index in [4.69, 9.17) is 9.97 Å². The zero-order valence-corrected chi connectivity index (χ0v) is 25.3. The number of allylic oxidation sites excluding steroid dienone is 4. The molecule has 216 valence electrons. The van der Waals surface area contributed by atoms with Gasteiger partial charge in [0, 0.05) is 21.9 Å². The van der Waals surface area contributed by atoms with Crippen molar-refractivity contribution in [3.8, 4) is 33.6 Å². The van der Waals surface area contributed by atoms with Crippen molar-refractivity contribution in [3.63, 3.8) is 0 Å². The van der Waals surface area contributed by atoms with Gasteiger partial charge in [-0.15, -0.1) is 0 Å². The van der Waals surface area contributed by atoms with Crippen molar-refractivity contribution in [3.05, 3.63) is 163 Å². The molecule has 0 aliphatic heterocycles. The van der Waals surface area contributed by atoms with Crippen LogP contribution in [0.15, 0.2) is 158 Å². The van der Waals surface area contributed by atoms with Crippen molar-refractivity contribution >= 4 is 48.9 Å². The molecule has 0 bridgehead atoms. The second-order valence-electron chi connectivity index (χ2n) is 12.1. The summed E-state index contributed by atoms with van der Waals surface area (Å²) in [5, 5.41) is 7.09. The number of pyridine rings is 2. The molecule has 9 rings (SSSR count). The van der Waals surface area contributed by atoms with Gasteiger partial charge in [0.1, 0.15) is 0 Å². The number of fused-ring (bicyclic) bond motifs is 5. The van der Waals surface area contributed by atoms with Gasteiger partial charge < -0.3 is 0 Å². The number of hydrogen-bond donors (Lipinski definition) is 0. The van der Waals surface area contributed by atoms with E-state index in [9.17, 15) is 0 Å². The van der Waals surface area contributed by atoms with E-state index in [0.717, 1.165) is 62.7 Å². The molecule has 0 unspecified atom stereocenters. The molecular weight excluding hydrogens is 556 g/mol. The summed E-state index contributed by atoms with van der Waals surface area (Å²) in [7, 11) is 0. The summed E-state index contributed by atoms with van der Waals surface area (Å²) in [6.45, 7) is 0. The van der Waals surface area contributed by atoms with Crippen LogP contribution in [0.4, 0.5) is 0 Å². The highest BCUT2D eigenvalue weighted by Gasteiger charge is 2.18. The number of aromatic nitrogens is 2. The molecule has 0 radical (unpaired) electrons. The molecule has 0 amide bonds. The van der Waals surface area contributed by atoms with Crippen molar-refractivity contribution in [1.82, 2.24) is 9.97 Å². The lowest BCUT2D eigenvalue weighted by atomic mass is 9.92. The lowest BCUT2D eigenvalue weighted by Crippen LogP contribution is -1.97. The van der Waals surface area contributed by atoms with Gasteiger partial charge in [0.05, 0.1) is 22.4 Å². The van der Waals surface area contributed by atoms with Crippen molar-refractivity contribution in [2.24, 2.45) is 0 Å². The number of benzene rings is 6. The van der Waals surface area contributed by atoms with Crippen LogP contribution in [0.25, 0.3) is 82.6 Å². The van der Waals surface area contributed by atoms with Gasteiger partial charge in [-0.25, -0.2) is 9.97 Å². The molecule has 0 saturated carbocycles. The van der Waals surface area contributed by atoms with Gasteiger partial charge in [-0.05, 0) is 80.9 Å². The van der Waals surface area contributed by atoms with Crippen LogP contribution in [0.3, 0.4) is 0 Å². The maximum absolute atomic E-state index is 5.44. The first-order valence-electron chi connectivity index (χ1n) is 16.0. The van der Waals surface area contributed by atoms with Gasteiger partial charge in [0.15, 0.2) is 0 Å². The Bertz CT molecular complexity index is 2520. The quantitative estimate of drug-likeness (QED) is 0.192. The van der Waals surface area contributed by atoms with Crippen LogP contribution in [-0.2, 0) is 0 Å². The molecule has 0 N–H and O–H groups in total. The topological polar surface area (TPSA) is 25.8 Å². The third kappa shape index (κ3) is 4.58. The van der Waals surface area contributed by atoms with Crippen LogP contribution in [0, 0.1) is 0 Å². The second-order valence-corrected chi connectivity index (χ2v) is 12.1. The Hall–Kier alpha value is -5.86. The highest BCUT2D eigenvalue weighted by molar-refractivity contribution is 6.13. The number of rotatable bonds is 4. The monoisotopic (exact) mass is 586 g/mol. The smallest absolute Gasteiger partial charge is 0.0978 e.